The highest BCUT2D eigenvalue weighted by molar-refractivity contribution is 5.48. The maximum Gasteiger partial charge on any atom is 0.231 e. The summed E-state index contributed by atoms with van der Waals surface area (Å²) in [7, 11) is 0. The molecule has 0 saturated carbocycles. The Bertz CT molecular complexity index is 646. The lowest BCUT2D eigenvalue weighted by atomic mass is 10.1. The molecule has 112 valence electrons. The second kappa shape index (κ2) is 5.82. The fourth-order valence-electron chi connectivity index (χ4n) is 3.00. The van der Waals surface area contributed by atoms with E-state index in [9.17, 15) is 0 Å². The zero-order valence-electron chi connectivity index (χ0n) is 12.9. The van der Waals surface area contributed by atoms with Gasteiger partial charge in [0.2, 0.25) is 6.79 Å². The van der Waals surface area contributed by atoms with Crippen LogP contribution in [0.15, 0.2) is 24.3 Å². The molecule has 4 heteroatoms. The van der Waals surface area contributed by atoms with Gasteiger partial charge in [-0.25, -0.2) is 0 Å². The minimum absolute atomic E-state index is 0.323. The average Bonchev–Trinajstić information content (AvgIpc) is 3.05. The Hall–Kier alpha value is -1.94. The molecule has 1 aliphatic rings. The largest absolute Gasteiger partial charge is 0.454 e. The minimum Gasteiger partial charge on any atom is -0.454 e. The molecule has 0 aliphatic carbocycles. The molecule has 1 aromatic heterocycles. The Morgan fingerprint density at radius 3 is 2.71 bits per heavy atom. The molecule has 0 bridgehead atoms. The summed E-state index contributed by atoms with van der Waals surface area (Å²) in [4.78, 5) is 0. The molecule has 2 heterocycles. The number of benzene rings is 1. The maximum atomic E-state index is 5.53. The number of hydrogen-bond acceptors (Lipinski definition) is 3. The molecule has 1 N–H and O–H groups in total. The number of nitrogens with zero attached hydrogens (tertiary/aromatic N) is 1. The van der Waals surface area contributed by atoms with E-state index in [-0.39, 0.29) is 0 Å². The van der Waals surface area contributed by atoms with Crippen molar-refractivity contribution >= 4 is 0 Å². The van der Waals surface area contributed by atoms with Gasteiger partial charge in [0.05, 0.1) is 0 Å². The van der Waals surface area contributed by atoms with Crippen molar-refractivity contribution < 1.29 is 9.47 Å². The van der Waals surface area contributed by atoms with E-state index in [1.165, 1.54) is 17.0 Å². The fourth-order valence-corrected chi connectivity index (χ4v) is 3.00. The summed E-state index contributed by atoms with van der Waals surface area (Å²) in [5.41, 5.74) is 5.18. The quantitative estimate of drug-likeness (QED) is 0.917. The van der Waals surface area contributed by atoms with Crippen LogP contribution in [0.5, 0.6) is 11.5 Å². The monoisotopic (exact) mass is 286 g/mol. The molecular formula is C17H22N2O2. The molecular weight excluding hydrogens is 264 g/mol. The smallest absolute Gasteiger partial charge is 0.231 e. The first kappa shape index (κ1) is 14.0. The summed E-state index contributed by atoms with van der Waals surface area (Å²) in [6.07, 6.45) is 0. The highest BCUT2D eigenvalue weighted by atomic mass is 16.7. The van der Waals surface area contributed by atoms with Gasteiger partial charge in [-0.15, -0.1) is 0 Å². The average molecular weight is 286 g/mol. The standard InChI is InChI=1S/C17H22N2O2/c1-4-19-12(2)8-15(13(19)3)10-18-9-14-6-5-7-16-17(14)21-11-20-16/h5-8,18H,4,9-11H2,1-3H3. The van der Waals surface area contributed by atoms with Crippen molar-refractivity contribution in [1.29, 1.82) is 0 Å². The molecule has 0 radical (unpaired) electrons. The fraction of sp³-hybridized carbons (Fsp3) is 0.412. The predicted molar refractivity (Wildman–Crippen MR) is 82.7 cm³/mol. The van der Waals surface area contributed by atoms with Crippen molar-refractivity contribution in [3.63, 3.8) is 0 Å². The van der Waals surface area contributed by atoms with E-state index in [1.807, 2.05) is 12.1 Å². The number of para-hydroxylation sites is 1. The van der Waals surface area contributed by atoms with Crippen LogP contribution in [0.2, 0.25) is 0 Å². The molecule has 0 amide bonds. The molecule has 4 nitrogen and oxygen atoms in total. The van der Waals surface area contributed by atoms with Gasteiger partial charge in [0, 0.05) is 36.6 Å². The van der Waals surface area contributed by atoms with Crippen LogP contribution in [-0.2, 0) is 19.6 Å². The van der Waals surface area contributed by atoms with Crippen LogP contribution < -0.4 is 14.8 Å². The molecule has 0 unspecified atom stereocenters. The highest BCUT2D eigenvalue weighted by Gasteiger charge is 2.16. The Morgan fingerprint density at radius 2 is 1.95 bits per heavy atom. The molecule has 2 aromatic rings. The normalized spacial score (nSPS) is 12.9. The molecule has 0 fully saturated rings. The third-order valence-electron chi connectivity index (χ3n) is 4.10. The first-order valence-electron chi connectivity index (χ1n) is 7.44. The van der Waals surface area contributed by atoms with E-state index < -0.39 is 0 Å². The van der Waals surface area contributed by atoms with Gasteiger partial charge >= 0.3 is 0 Å². The van der Waals surface area contributed by atoms with Crippen molar-refractivity contribution in [3.8, 4) is 11.5 Å². The number of fused-ring (bicyclic) bond motifs is 1. The van der Waals surface area contributed by atoms with Gasteiger partial charge in [-0.1, -0.05) is 12.1 Å². The van der Waals surface area contributed by atoms with Gasteiger partial charge in [0.15, 0.2) is 11.5 Å². The molecule has 0 spiro atoms. The van der Waals surface area contributed by atoms with Crippen LogP contribution in [0.25, 0.3) is 0 Å². The second-order valence-electron chi connectivity index (χ2n) is 5.40. The van der Waals surface area contributed by atoms with Gasteiger partial charge in [-0.05, 0) is 38.5 Å². The van der Waals surface area contributed by atoms with Crippen LogP contribution >= 0.6 is 0 Å². The third kappa shape index (κ3) is 2.63. The Labute approximate surface area is 125 Å². The molecule has 3 rings (SSSR count). The summed E-state index contributed by atoms with van der Waals surface area (Å²) in [6.45, 7) is 9.52. The van der Waals surface area contributed by atoms with E-state index >= 15 is 0 Å². The van der Waals surface area contributed by atoms with Crippen LogP contribution in [-0.4, -0.2) is 11.4 Å². The van der Waals surface area contributed by atoms with E-state index in [4.69, 9.17) is 9.47 Å². The number of rotatable bonds is 5. The van der Waals surface area contributed by atoms with Gasteiger partial charge < -0.3 is 19.4 Å². The van der Waals surface area contributed by atoms with Crippen LogP contribution in [0.3, 0.4) is 0 Å². The summed E-state index contributed by atoms with van der Waals surface area (Å²) in [5, 5.41) is 3.50. The van der Waals surface area contributed by atoms with Crippen molar-refractivity contribution in [1.82, 2.24) is 9.88 Å². The summed E-state index contributed by atoms with van der Waals surface area (Å²) in [6, 6.07) is 8.30. The summed E-state index contributed by atoms with van der Waals surface area (Å²) >= 11 is 0. The molecule has 21 heavy (non-hydrogen) atoms. The van der Waals surface area contributed by atoms with Crippen molar-refractivity contribution in [2.24, 2.45) is 0 Å². The van der Waals surface area contributed by atoms with Crippen molar-refractivity contribution in [2.75, 3.05) is 6.79 Å². The molecule has 0 atom stereocenters. The lowest BCUT2D eigenvalue weighted by Gasteiger charge is -2.09. The molecule has 1 aromatic carbocycles. The Balaban J connectivity index is 1.66. The lowest BCUT2D eigenvalue weighted by molar-refractivity contribution is 0.173. The molecule has 0 saturated heterocycles. The van der Waals surface area contributed by atoms with Crippen LogP contribution in [0, 0.1) is 13.8 Å². The van der Waals surface area contributed by atoms with Crippen LogP contribution in [0.4, 0.5) is 0 Å². The predicted octanol–water partition coefficient (Wildman–Crippen LogP) is 3.14. The van der Waals surface area contributed by atoms with Gasteiger partial charge in [-0.3, -0.25) is 0 Å². The zero-order chi connectivity index (χ0) is 14.8. The van der Waals surface area contributed by atoms with Crippen molar-refractivity contribution in [2.45, 2.75) is 40.4 Å². The number of ether oxygens (including phenoxy) is 2. The number of aryl methyl sites for hydroxylation is 1. The highest BCUT2D eigenvalue weighted by Crippen LogP contribution is 2.35. The van der Waals surface area contributed by atoms with E-state index in [2.05, 4.69) is 42.8 Å². The maximum absolute atomic E-state index is 5.53. The second-order valence-corrected chi connectivity index (χ2v) is 5.40. The third-order valence-corrected chi connectivity index (χ3v) is 4.10. The first-order valence-corrected chi connectivity index (χ1v) is 7.44. The number of hydrogen-bond donors (Lipinski definition) is 1. The van der Waals surface area contributed by atoms with Gasteiger partial charge in [0.25, 0.3) is 0 Å². The van der Waals surface area contributed by atoms with Crippen molar-refractivity contribution in [3.05, 3.63) is 46.8 Å². The minimum atomic E-state index is 0.323. The Morgan fingerprint density at radius 1 is 1.14 bits per heavy atom. The Kier molecular flexibility index (Phi) is 3.88. The number of nitrogens with one attached hydrogen (secondary N) is 1. The van der Waals surface area contributed by atoms with Gasteiger partial charge in [0.1, 0.15) is 0 Å². The van der Waals surface area contributed by atoms with E-state index in [0.29, 0.717) is 6.79 Å². The van der Waals surface area contributed by atoms with Gasteiger partial charge in [-0.2, -0.15) is 0 Å². The number of aromatic nitrogens is 1. The first-order chi connectivity index (χ1) is 10.2. The molecule has 1 aliphatic heterocycles. The SMILES string of the molecule is CCn1c(C)cc(CNCc2cccc3c2OCO3)c1C. The van der Waals surface area contributed by atoms with E-state index in [0.717, 1.165) is 36.7 Å². The summed E-state index contributed by atoms with van der Waals surface area (Å²) < 4.78 is 13.3. The lowest BCUT2D eigenvalue weighted by Crippen LogP contribution is -2.13. The van der Waals surface area contributed by atoms with E-state index in [1.54, 1.807) is 0 Å². The topological polar surface area (TPSA) is 35.4 Å². The zero-order valence-corrected chi connectivity index (χ0v) is 12.9. The summed E-state index contributed by atoms with van der Waals surface area (Å²) in [5.74, 6) is 1.72. The van der Waals surface area contributed by atoms with Crippen LogP contribution in [0.1, 0.15) is 29.4 Å².